The Morgan fingerprint density at radius 1 is 1.24 bits per heavy atom. The van der Waals surface area contributed by atoms with Crippen molar-refractivity contribution in [2.24, 2.45) is 5.92 Å². The Morgan fingerprint density at radius 2 is 1.96 bits per heavy atom. The van der Waals surface area contributed by atoms with Crippen molar-refractivity contribution in [1.82, 2.24) is 10.6 Å². The van der Waals surface area contributed by atoms with E-state index in [2.05, 4.69) is 48.7 Å². The first-order chi connectivity index (χ1) is 11.6. The van der Waals surface area contributed by atoms with Gasteiger partial charge in [-0.25, -0.2) is 0 Å². The van der Waals surface area contributed by atoms with E-state index >= 15 is 0 Å². The molecule has 3 rings (SSSR count). The van der Waals surface area contributed by atoms with Crippen LogP contribution in [0.2, 0.25) is 0 Å². The molecule has 2 N–H and O–H groups in total. The highest BCUT2D eigenvalue weighted by molar-refractivity contribution is 5.85. The van der Waals surface area contributed by atoms with Gasteiger partial charge in [-0.15, -0.1) is 12.4 Å². The minimum Gasteiger partial charge on any atom is -0.355 e. The maximum Gasteiger partial charge on any atom is 0.223 e. The Kier molecular flexibility index (Phi) is 7.33. The molecule has 3 nitrogen and oxygen atoms in total. The van der Waals surface area contributed by atoms with Crippen molar-refractivity contribution in [3.05, 3.63) is 35.4 Å². The molecule has 1 aromatic carbocycles. The number of rotatable bonds is 4. The Balaban J connectivity index is 0.00000225. The Bertz CT molecular complexity index is 569. The predicted octanol–water partition coefficient (Wildman–Crippen LogP) is 4.12. The summed E-state index contributed by atoms with van der Waals surface area (Å²) in [6.45, 7) is 6.15. The summed E-state index contributed by atoms with van der Waals surface area (Å²) in [5, 5.41) is 6.78. The molecule has 140 valence electrons. The molecule has 1 amide bonds. The number of benzene rings is 1. The summed E-state index contributed by atoms with van der Waals surface area (Å²) in [6, 6.07) is 9.20. The zero-order valence-electron chi connectivity index (χ0n) is 15.6. The highest BCUT2D eigenvalue weighted by Crippen LogP contribution is 2.40. The van der Waals surface area contributed by atoms with Crippen LogP contribution in [-0.4, -0.2) is 25.0 Å². The van der Waals surface area contributed by atoms with Gasteiger partial charge in [0.15, 0.2) is 0 Å². The Labute approximate surface area is 158 Å². The quantitative estimate of drug-likeness (QED) is 0.843. The molecule has 1 aliphatic carbocycles. The van der Waals surface area contributed by atoms with E-state index < -0.39 is 0 Å². The van der Waals surface area contributed by atoms with E-state index in [1.807, 2.05) is 0 Å². The molecule has 2 aliphatic rings. The summed E-state index contributed by atoms with van der Waals surface area (Å²) in [5.41, 5.74) is 2.95. The molecule has 1 aliphatic heterocycles. The third-order valence-electron chi connectivity index (χ3n) is 6.12. The molecule has 0 unspecified atom stereocenters. The van der Waals surface area contributed by atoms with Crippen LogP contribution in [-0.2, 0) is 10.2 Å². The van der Waals surface area contributed by atoms with Crippen molar-refractivity contribution in [2.75, 3.05) is 13.1 Å². The molecule has 1 aromatic rings. The van der Waals surface area contributed by atoms with E-state index in [0.29, 0.717) is 6.04 Å². The molecular formula is C21H33ClN2O. The van der Waals surface area contributed by atoms with Crippen molar-refractivity contribution in [1.29, 1.82) is 0 Å². The largest absolute Gasteiger partial charge is 0.355 e. The van der Waals surface area contributed by atoms with E-state index in [-0.39, 0.29) is 29.6 Å². The smallest absolute Gasteiger partial charge is 0.223 e. The lowest BCUT2D eigenvalue weighted by atomic mass is 9.68. The van der Waals surface area contributed by atoms with Gasteiger partial charge in [0.25, 0.3) is 0 Å². The lowest BCUT2D eigenvalue weighted by Gasteiger charge is -2.39. The molecule has 25 heavy (non-hydrogen) atoms. The summed E-state index contributed by atoms with van der Waals surface area (Å²) in [5.74, 6) is 0.445. The number of piperidine rings is 1. The van der Waals surface area contributed by atoms with Gasteiger partial charge in [-0.05, 0) is 57.2 Å². The van der Waals surface area contributed by atoms with Gasteiger partial charge in [-0.2, -0.15) is 0 Å². The maximum atomic E-state index is 12.7. The number of nitrogens with one attached hydrogen (secondary N) is 2. The molecule has 0 spiro atoms. The lowest BCUT2D eigenvalue weighted by molar-refractivity contribution is -0.126. The molecule has 0 bridgehead atoms. The molecule has 1 saturated heterocycles. The van der Waals surface area contributed by atoms with Gasteiger partial charge < -0.3 is 10.6 Å². The number of amides is 1. The summed E-state index contributed by atoms with van der Waals surface area (Å²) in [4.78, 5) is 12.7. The SMILES string of the molecule is Cc1ccccc1C1(CNC(=O)[C@H]2CCN[C@@H](C)C2)CCCCC1.Cl. The predicted molar refractivity (Wildman–Crippen MR) is 106 cm³/mol. The summed E-state index contributed by atoms with van der Waals surface area (Å²) in [6.07, 6.45) is 8.19. The van der Waals surface area contributed by atoms with Crippen LogP contribution < -0.4 is 10.6 Å². The standard InChI is InChI=1S/C21H32N2O.ClH/c1-16-8-4-5-9-19(16)21(11-6-3-7-12-21)15-23-20(24)18-10-13-22-17(2)14-18;/h4-5,8-9,17-18,22H,3,6-7,10-15H2,1-2H3,(H,23,24);1H/t17-,18-;/m0./s1. The maximum absolute atomic E-state index is 12.7. The van der Waals surface area contributed by atoms with Crippen molar-refractivity contribution in [2.45, 2.75) is 70.3 Å². The fourth-order valence-electron chi connectivity index (χ4n) is 4.71. The lowest BCUT2D eigenvalue weighted by Crippen LogP contribution is -2.47. The summed E-state index contributed by atoms with van der Waals surface area (Å²) >= 11 is 0. The number of carbonyl (C=O) groups is 1. The first-order valence-electron chi connectivity index (χ1n) is 9.68. The summed E-state index contributed by atoms with van der Waals surface area (Å²) in [7, 11) is 0. The van der Waals surface area contributed by atoms with Crippen molar-refractivity contribution >= 4 is 18.3 Å². The average molecular weight is 365 g/mol. The van der Waals surface area contributed by atoms with E-state index in [1.165, 1.54) is 43.2 Å². The van der Waals surface area contributed by atoms with Gasteiger partial charge in [-0.3, -0.25) is 4.79 Å². The molecule has 0 aromatic heterocycles. The van der Waals surface area contributed by atoms with Gasteiger partial charge in [0.2, 0.25) is 5.91 Å². The normalized spacial score (nSPS) is 25.7. The second kappa shape index (κ2) is 9.05. The second-order valence-electron chi connectivity index (χ2n) is 7.95. The van der Waals surface area contributed by atoms with Gasteiger partial charge in [0, 0.05) is 23.9 Å². The van der Waals surface area contributed by atoms with Crippen LogP contribution in [0.4, 0.5) is 0 Å². The second-order valence-corrected chi connectivity index (χ2v) is 7.95. The van der Waals surface area contributed by atoms with Gasteiger partial charge in [0.1, 0.15) is 0 Å². The number of hydrogen-bond acceptors (Lipinski definition) is 2. The van der Waals surface area contributed by atoms with Crippen LogP contribution in [0.25, 0.3) is 0 Å². The minimum absolute atomic E-state index is 0. The number of carbonyl (C=O) groups excluding carboxylic acids is 1. The third kappa shape index (κ3) is 4.77. The minimum atomic E-state index is 0. The zero-order valence-corrected chi connectivity index (χ0v) is 16.5. The molecule has 1 heterocycles. The van der Waals surface area contributed by atoms with Crippen molar-refractivity contribution in [3.63, 3.8) is 0 Å². The van der Waals surface area contributed by atoms with Crippen LogP contribution >= 0.6 is 12.4 Å². The number of halogens is 1. The highest BCUT2D eigenvalue weighted by atomic mass is 35.5. The monoisotopic (exact) mass is 364 g/mol. The van der Waals surface area contributed by atoms with Gasteiger partial charge in [0.05, 0.1) is 0 Å². The van der Waals surface area contributed by atoms with Crippen LogP contribution in [0.5, 0.6) is 0 Å². The van der Waals surface area contributed by atoms with Crippen molar-refractivity contribution in [3.8, 4) is 0 Å². The van der Waals surface area contributed by atoms with E-state index in [4.69, 9.17) is 0 Å². The van der Waals surface area contributed by atoms with Crippen molar-refractivity contribution < 1.29 is 4.79 Å². The third-order valence-corrected chi connectivity index (χ3v) is 6.12. The molecule has 4 heteroatoms. The first-order valence-corrected chi connectivity index (χ1v) is 9.68. The summed E-state index contributed by atoms with van der Waals surface area (Å²) < 4.78 is 0. The zero-order chi connectivity index (χ0) is 17.0. The van der Waals surface area contributed by atoms with Crippen LogP contribution in [0, 0.1) is 12.8 Å². The van der Waals surface area contributed by atoms with E-state index in [0.717, 1.165) is 25.9 Å². The van der Waals surface area contributed by atoms with E-state index in [1.54, 1.807) is 0 Å². The molecule has 1 saturated carbocycles. The molecular weight excluding hydrogens is 332 g/mol. The molecule has 2 fully saturated rings. The fourth-order valence-corrected chi connectivity index (χ4v) is 4.71. The first kappa shape index (κ1) is 20.3. The van der Waals surface area contributed by atoms with E-state index in [9.17, 15) is 4.79 Å². The fraction of sp³-hybridized carbons (Fsp3) is 0.667. The molecule has 2 atom stereocenters. The van der Waals surface area contributed by atoms with Gasteiger partial charge >= 0.3 is 0 Å². The van der Waals surface area contributed by atoms with Crippen LogP contribution in [0.1, 0.15) is 63.0 Å². The number of aryl methyl sites for hydroxylation is 1. The molecule has 0 radical (unpaired) electrons. The Morgan fingerprint density at radius 3 is 2.64 bits per heavy atom. The average Bonchev–Trinajstić information content (AvgIpc) is 2.61. The highest BCUT2D eigenvalue weighted by Gasteiger charge is 2.36. The van der Waals surface area contributed by atoms with Gasteiger partial charge in [-0.1, -0.05) is 43.5 Å². The van der Waals surface area contributed by atoms with Crippen LogP contribution in [0.3, 0.4) is 0 Å². The van der Waals surface area contributed by atoms with Crippen LogP contribution in [0.15, 0.2) is 24.3 Å². The Hall–Kier alpha value is -1.06. The topological polar surface area (TPSA) is 41.1 Å². The number of hydrogen-bond donors (Lipinski definition) is 2.